The van der Waals surface area contributed by atoms with E-state index in [1.807, 2.05) is 43.4 Å². The van der Waals surface area contributed by atoms with Crippen LogP contribution in [0.1, 0.15) is 22.7 Å². The largest absolute Gasteiger partial charge is 0.366 e. The molecule has 3 rings (SSSR count). The van der Waals surface area contributed by atoms with E-state index in [0.717, 1.165) is 22.4 Å². The average molecular weight is 395 g/mol. The van der Waals surface area contributed by atoms with E-state index >= 15 is 0 Å². The molecule has 0 amide bonds. The molecule has 0 aliphatic carbocycles. The van der Waals surface area contributed by atoms with Gasteiger partial charge in [-0.3, -0.25) is 0 Å². The molecule has 3 aromatic rings. The Kier molecular flexibility index (Phi) is 6.17. The molecule has 4 nitrogen and oxygen atoms in total. The first-order valence-corrected chi connectivity index (χ1v) is 10.8. The Bertz CT molecular complexity index is 999. The first kappa shape index (κ1) is 20.1. The molecule has 5 heteroatoms. The van der Waals surface area contributed by atoms with Gasteiger partial charge in [0.2, 0.25) is 10.0 Å². The minimum Gasteiger partial charge on any atom is -0.366 e. The number of hydrogen-bond acceptors (Lipinski definition) is 3. The standard InChI is InChI=1S/C23H26N2O2S/c1-18-11-10-12-19(2)23(18)25(3)22(20-13-6-4-7-14-20)17-24-28(26,27)21-15-8-5-9-16-21/h4-16,22,24H,17H2,1-3H3. The van der Waals surface area contributed by atoms with Gasteiger partial charge in [-0.2, -0.15) is 0 Å². The van der Waals surface area contributed by atoms with Crippen molar-refractivity contribution in [3.05, 3.63) is 95.6 Å². The van der Waals surface area contributed by atoms with Crippen LogP contribution in [0.3, 0.4) is 0 Å². The summed E-state index contributed by atoms with van der Waals surface area (Å²) in [5.41, 5.74) is 4.50. The van der Waals surface area contributed by atoms with E-state index in [0.29, 0.717) is 0 Å². The number of hydrogen-bond donors (Lipinski definition) is 1. The lowest BCUT2D eigenvalue weighted by molar-refractivity contribution is 0.567. The van der Waals surface area contributed by atoms with Gasteiger partial charge >= 0.3 is 0 Å². The van der Waals surface area contributed by atoms with Gasteiger partial charge in [-0.15, -0.1) is 0 Å². The highest BCUT2D eigenvalue weighted by molar-refractivity contribution is 7.89. The third-order valence-corrected chi connectivity index (χ3v) is 6.40. The maximum Gasteiger partial charge on any atom is 0.240 e. The van der Waals surface area contributed by atoms with Crippen LogP contribution in [0.2, 0.25) is 0 Å². The smallest absolute Gasteiger partial charge is 0.240 e. The number of para-hydroxylation sites is 1. The number of likely N-dealkylation sites (N-methyl/N-ethyl adjacent to an activating group) is 1. The summed E-state index contributed by atoms with van der Waals surface area (Å²) in [4.78, 5) is 2.43. The molecule has 146 valence electrons. The van der Waals surface area contributed by atoms with Crippen LogP contribution in [0, 0.1) is 13.8 Å². The highest BCUT2D eigenvalue weighted by Gasteiger charge is 2.23. The van der Waals surface area contributed by atoms with Crippen molar-refractivity contribution in [2.24, 2.45) is 0 Å². The summed E-state index contributed by atoms with van der Waals surface area (Å²) in [5.74, 6) is 0. The third kappa shape index (κ3) is 4.43. The second kappa shape index (κ2) is 8.59. The van der Waals surface area contributed by atoms with Crippen molar-refractivity contribution in [2.45, 2.75) is 24.8 Å². The van der Waals surface area contributed by atoms with Crippen molar-refractivity contribution in [3.63, 3.8) is 0 Å². The van der Waals surface area contributed by atoms with E-state index in [2.05, 4.69) is 35.6 Å². The third-order valence-electron chi connectivity index (χ3n) is 4.96. The number of benzene rings is 3. The Hall–Kier alpha value is -2.63. The van der Waals surface area contributed by atoms with E-state index in [9.17, 15) is 8.42 Å². The Morgan fingerprint density at radius 2 is 1.36 bits per heavy atom. The molecule has 0 saturated heterocycles. The summed E-state index contributed by atoms with van der Waals surface area (Å²) in [6.45, 7) is 4.43. The molecule has 0 fully saturated rings. The van der Waals surface area contributed by atoms with Gasteiger partial charge in [0.1, 0.15) is 0 Å². The maximum atomic E-state index is 12.7. The van der Waals surface area contributed by atoms with Crippen LogP contribution in [0.15, 0.2) is 83.8 Å². The van der Waals surface area contributed by atoms with Crippen molar-refractivity contribution in [1.82, 2.24) is 4.72 Å². The molecule has 0 saturated carbocycles. The van der Waals surface area contributed by atoms with E-state index in [-0.39, 0.29) is 17.5 Å². The number of rotatable bonds is 7. The Morgan fingerprint density at radius 3 is 1.93 bits per heavy atom. The first-order chi connectivity index (χ1) is 13.4. The Labute approximate surface area is 167 Å². The molecule has 0 aliphatic rings. The molecule has 3 aromatic carbocycles. The van der Waals surface area contributed by atoms with Crippen LogP contribution in [0.4, 0.5) is 5.69 Å². The monoisotopic (exact) mass is 394 g/mol. The van der Waals surface area contributed by atoms with Gasteiger partial charge in [0, 0.05) is 19.3 Å². The lowest BCUT2D eigenvalue weighted by Gasteiger charge is -2.33. The van der Waals surface area contributed by atoms with Gasteiger partial charge in [-0.05, 0) is 42.7 Å². The molecule has 1 N–H and O–H groups in total. The normalized spacial score (nSPS) is 12.5. The molecule has 0 bridgehead atoms. The quantitative estimate of drug-likeness (QED) is 0.644. The van der Waals surface area contributed by atoms with Gasteiger partial charge < -0.3 is 4.90 Å². The summed E-state index contributed by atoms with van der Waals surface area (Å²) in [6.07, 6.45) is 0. The Balaban J connectivity index is 1.93. The van der Waals surface area contributed by atoms with Crippen LogP contribution >= 0.6 is 0 Å². The van der Waals surface area contributed by atoms with E-state index in [1.165, 1.54) is 0 Å². The van der Waals surface area contributed by atoms with Crippen molar-refractivity contribution >= 4 is 15.7 Å². The predicted octanol–water partition coefficient (Wildman–Crippen LogP) is 4.46. The molecule has 0 radical (unpaired) electrons. The highest BCUT2D eigenvalue weighted by atomic mass is 32.2. The van der Waals surface area contributed by atoms with Crippen LogP contribution in [0.25, 0.3) is 0 Å². The van der Waals surface area contributed by atoms with Crippen molar-refractivity contribution in [3.8, 4) is 0 Å². The minimum atomic E-state index is -3.58. The second-order valence-electron chi connectivity index (χ2n) is 6.94. The van der Waals surface area contributed by atoms with Crippen LogP contribution in [-0.2, 0) is 10.0 Å². The summed E-state index contributed by atoms with van der Waals surface area (Å²) >= 11 is 0. The summed E-state index contributed by atoms with van der Waals surface area (Å²) < 4.78 is 28.3. The molecule has 1 unspecified atom stereocenters. The second-order valence-corrected chi connectivity index (χ2v) is 8.71. The fourth-order valence-corrected chi connectivity index (χ4v) is 4.60. The van der Waals surface area contributed by atoms with E-state index < -0.39 is 10.0 Å². The van der Waals surface area contributed by atoms with Crippen molar-refractivity contribution in [1.29, 1.82) is 0 Å². The summed E-state index contributed by atoms with van der Waals surface area (Å²) in [5, 5.41) is 0. The topological polar surface area (TPSA) is 49.4 Å². The van der Waals surface area contributed by atoms with Crippen LogP contribution in [0.5, 0.6) is 0 Å². The first-order valence-electron chi connectivity index (χ1n) is 9.29. The van der Waals surface area contributed by atoms with Gasteiger partial charge in [0.05, 0.1) is 10.9 Å². The fourth-order valence-electron chi connectivity index (χ4n) is 3.54. The SMILES string of the molecule is Cc1cccc(C)c1N(C)C(CNS(=O)(=O)c1ccccc1)c1ccccc1. The zero-order valence-electron chi connectivity index (χ0n) is 16.5. The Morgan fingerprint density at radius 1 is 0.821 bits per heavy atom. The zero-order valence-corrected chi connectivity index (χ0v) is 17.3. The molecular weight excluding hydrogens is 368 g/mol. The molecule has 0 spiro atoms. The molecule has 28 heavy (non-hydrogen) atoms. The number of aryl methyl sites for hydroxylation is 2. The minimum absolute atomic E-state index is 0.139. The average Bonchev–Trinajstić information content (AvgIpc) is 2.69. The fraction of sp³-hybridized carbons (Fsp3) is 0.217. The molecular formula is C23H26N2O2S. The molecule has 0 aromatic heterocycles. The lowest BCUT2D eigenvalue weighted by atomic mass is 10.0. The maximum absolute atomic E-state index is 12.7. The zero-order chi connectivity index (χ0) is 20.1. The van der Waals surface area contributed by atoms with Gasteiger partial charge in [0.15, 0.2) is 0 Å². The van der Waals surface area contributed by atoms with E-state index in [1.54, 1.807) is 30.3 Å². The van der Waals surface area contributed by atoms with Gasteiger partial charge in [-0.25, -0.2) is 13.1 Å². The van der Waals surface area contributed by atoms with Crippen molar-refractivity contribution in [2.75, 3.05) is 18.5 Å². The number of nitrogens with one attached hydrogen (secondary N) is 1. The predicted molar refractivity (Wildman–Crippen MR) is 115 cm³/mol. The lowest BCUT2D eigenvalue weighted by Crippen LogP contribution is -2.36. The van der Waals surface area contributed by atoms with E-state index in [4.69, 9.17) is 0 Å². The van der Waals surface area contributed by atoms with Gasteiger partial charge in [-0.1, -0.05) is 66.7 Å². The van der Waals surface area contributed by atoms with Crippen LogP contribution in [-0.4, -0.2) is 22.0 Å². The molecule has 0 heterocycles. The van der Waals surface area contributed by atoms with Crippen molar-refractivity contribution < 1.29 is 8.42 Å². The molecule has 1 atom stereocenters. The number of nitrogens with zero attached hydrogens (tertiary/aromatic N) is 1. The number of anilines is 1. The van der Waals surface area contributed by atoms with Crippen LogP contribution < -0.4 is 9.62 Å². The summed E-state index contributed by atoms with van der Waals surface area (Å²) in [6, 6.07) is 24.5. The summed E-state index contributed by atoms with van der Waals surface area (Å²) in [7, 11) is -1.56. The highest BCUT2D eigenvalue weighted by Crippen LogP contribution is 2.31. The van der Waals surface area contributed by atoms with Gasteiger partial charge in [0.25, 0.3) is 0 Å². The molecule has 0 aliphatic heterocycles. The number of sulfonamides is 1.